The zero-order valence-electron chi connectivity index (χ0n) is 12.3. The van der Waals surface area contributed by atoms with Gasteiger partial charge in [0, 0.05) is 18.2 Å². The summed E-state index contributed by atoms with van der Waals surface area (Å²) in [7, 11) is 0. The van der Waals surface area contributed by atoms with Crippen molar-refractivity contribution in [3.05, 3.63) is 65.0 Å². The summed E-state index contributed by atoms with van der Waals surface area (Å²) in [6.07, 6.45) is 0. The molecule has 2 rings (SSSR count). The normalized spacial score (nSPS) is 9.78. The number of nitrogens with zero attached hydrogens (tertiary/aromatic N) is 1. The number of nitrogens with one attached hydrogen (secondary N) is 1. The van der Waals surface area contributed by atoms with Gasteiger partial charge in [0.25, 0.3) is 0 Å². The number of halogens is 1. The molecule has 0 unspecified atom stereocenters. The number of esters is 1. The van der Waals surface area contributed by atoms with E-state index >= 15 is 0 Å². The van der Waals surface area contributed by atoms with Gasteiger partial charge in [-0.15, -0.1) is 0 Å². The zero-order valence-corrected chi connectivity index (χ0v) is 12.3. The lowest BCUT2D eigenvalue weighted by Crippen LogP contribution is -2.08. The number of hydrogen-bond acceptors (Lipinski definition) is 4. The van der Waals surface area contributed by atoms with Gasteiger partial charge in [0.1, 0.15) is 12.4 Å². The fourth-order valence-corrected chi connectivity index (χ4v) is 1.85. The smallest absolute Gasteiger partial charge is 0.338 e. The maximum Gasteiger partial charge on any atom is 0.338 e. The Bertz CT molecular complexity index is 779. The van der Waals surface area contributed by atoms with Gasteiger partial charge in [0.2, 0.25) is 5.91 Å². The molecule has 23 heavy (non-hydrogen) atoms. The van der Waals surface area contributed by atoms with Crippen LogP contribution in [0.5, 0.6) is 0 Å². The molecule has 2 aromatic rings. The standard InChI is InChI=1S/C17H13FN2O3/c1-11(21)20-15-6-4-13(5-7-15)17(22)23-10-14-3-2-12(9-19)8-16(14)18/h2-8H,10H2,1H3,(H,20,21). The Morgan fingerprint density at radius 3 is 2.48 bits per heavy atom. The Kier molecular flexibility index (Phi) is 5.05. The van der Waals surface area contributed by atoms with Crippen molar-refractivity contribution in [2.75, 3.05) is 5.32 Å². The Balaban J connectivity index is 1.99. The van der Waals surface area contributed by atoms with Gasteiger partial charge in [-0.3, -0.25) is 4.79 Å². The number of amides is 1. The van der Waals surface area contributed by atoms with Gasteiger partial charge in [-0.2, -0.15) is 5.26 Å². The minimum Gasteiger partial charge on any atom is -0.457 e. The van der Waals surface area contributed by atoms with E-state index in [0.717, 1.165) is 6.07 Å². The molecule has 0 aliphatic rings. The molecule has 116 valence electrons. The minimum atomic E-state index is -0.608. The Morgan fingerprint density at radius 2 is 1.91 bits per heavy atom. The molecular formula is C17H13FN2O3. The monoisotopic (exact) mass is 312 g/mol. The first-order valence-electron chi connectivity index (χ1n) is 6.73. The second-order valence-electron chi connectivity index (χ2n) is 4.75. The molecule has 6 heteroatoms. The van der Waals surface area contributed by atoms with E-state index in [9.17, 15) is 14.0 Å². The average Bonchev–Trinajstić information content (AvgIpc) is 2.53. The molecule has 1 N–H and O–H groups in total. The topological polar surface area (TPSA) is 79.2 Å². The molecule has 0 aromatic heterocycles. The molecule has 0 atom stereocenters. The molecule has 0 spiro atoms. The molecule has 0 saturated carbocycles. The maximum atomic E-state index is 13.7. The zero-order chi connectivity index (χ0) is 16.8. The van der Waals surface area contributed by atoms with Gasteiger partial charge < -0.3 is 10.1 Å². The molecule has 0 heterocycles. The molecule has 0 aliphatic carbocycles. The van der Waals surface area contributed by atoms with E-state index in [1.165, 1.54) is 31.2 Å². The van der Waals surface area contributed by atoms with Gasteiger partial charge in [0.05, 0.1) is 17.2 Å². The van der Waals surface area contributed by atoms with E-state index in [4.69, 9.17) is 10.00 Å². The fraction of sp³-hybridized carbons (Fsp3) is 0.118. The highest BCUT2D eigenvalue weighted by Crippen LogP contribution is 2.14. The highest BCUT2D eigenvalue weighted by atomic mass is 19.1. The second kappa shape index (κ2) is 7.18. The van der Waals surface area contributed by atoms with Crippen LogP contribution in [-0.2, 0) is 16.1 Å². The highest BCUT2D eigenvalue weighted by molar-refractivity contribution is 5.92. The van der Waals surface area contributed by atoms with Crippen molar-refractivity contribution in [1.29, 1.82) is 5.26 Å². The third kappa shape index (κ3) is 4.38. The third-order valence-corrected chi connectivity index (χ3v) is 2.98. The minimum absolute atomic E-state index is 0.187. The van der Waals surface area contributed by atoms with Gasteiger partial charge in [-0.05, 0) is 36.4 Å². The van der Waals surface area contributed by atoms with Crippen LogP contribution in [0.4, 0.5) is 10.1 Å². The number of rotatable bonds is 4. The maximum absolute atomic E-state index is 13.7. The third-order valence-electron chi connectivity index (χ3n) is 2.98. The number of carbonyl (C=O) groups excluding carboxylic acids is 2. The number of hydrogen-bond donors (Lipinski definition) is 1. The first kappa shape index (κ1) is 16.2. The van der Waals surface area contributed by atoms with Crippen LogP contribution >= 0.6 is 0 Å². The van der Waals surface area contributed by atoms with Crippen LogP contribution in [-0.4, -0.2) is 11.9 Å². The molecule has 2 aromatic carbocycles. The molecule has 0 aliphatic heterocycles. The fourth-order valence-electron chi connectivity index (χ4n) is 1.85. The highest BCUT2D eigenvalue weighted by Gasteiger charge is 2.10. The second-order valence-corrected chi connectivity index (χ2v) is 4.75. The van der Waals surface area contributed by atoms with Crippen molar-refractivity contribution in [3.63, 3.8) is 0 Å². The predicted octanol–water partition coefficient (Wildman–Crippen LogP) is 3.01. The van der Waals surface area contributed by atoms with E-state index in [2.05, 4.69) is 5.32 Å². The number of anilines is 1. The van der Waals surface area contributed by atoms with Gasteiger partial charge >= 0.3 is 5.97 Å². The van der Waals surface area contributed by atoms with Crippen LogP contribution in [0.25, 0.3) is 0 Å². The number of nitriles is 1. The summed E-state index contributed by atoms with van der Waals surface area (Å²) in [5.74, 6) is -1.42. The van der Waals surface area contributed by atoms with Crippen molar-refractivity contribution in [2.45, 2.75) is 13.5 Å². The average molecular weight is 312 g/mol. The quantitative estimate of drug-likeness (QED) is 0.880. The van der Waals surface area contributed by atoms with Crippen molar-refractivity contribution < 1.29 is 18.7 Å². The van der Waals surface area contributed by atoms with Crippen LogP contribution in [0.1, 0.15) is 28.4 Å². The number of ether oxygens (including phenoxy) is 1. The van der Waals surface area contributed by atoms with Crippen LogP contribution in [0.3, 0.4) is 0 Å². The molecule has 0 fully saturated rings. The lowest BCUT2D eigenvalue weighted by Gasteiger charge is -2.07. The van der Waals surface area contributed by atoms with E-state index in [1.807, 2.05) is 6.07 Å². The summed E-state index contributed by atoms with van der Waals surface area (Å²) in [5, 5.41) is 11.2. The Hall–Kier alpha value is -3.20. The van der Waals surface area contributed by atoms with Gasteiger partial charge in [0.15, 0.2) is 0 Å². The molecular weight excluding hydrogens is 299 g/mol. The summed E-state index contributed by atoms with van der Waals surface area (Å²) in [6, 6.07) is 11.9. The lowest BCUT2D eigenvalue weighted by atomic mass is 10.1. The van der Waals surface area contributed by atoms with Gasteiger partial charge in [-0.25, -0.2) is 9.18 Å². The van der Waals surface area contributed by atoms with Crippen LogP contribution in [0.15, 0.2) is 42.5 Å². The summed E-state index contributed by atoms with van der Waals surface area (Å²) in [6.45, 7) is 1.15. The van der Waals surface area contributed by atoms with Crippen LogP contribution in [0.2, 0.25) is 0 Å². The summed E-state index contributed by atoms with van der Waals surface area (Å²) < 4.78 is 18.7. The van der Waals surface area contributed by atoms with Crippen molar-refractivity contribution in [2.24, 2.45) is 0 Å². The van der Waals surface area contributed by atoms with Crippen molar-refractivity contribution in [3.8, 4) is 6.07 Å². The summed E-state index contributed by atoms with van der Waals surface area (Å²) in [4.78, 5) is 22.8. The first-order valence-corrected chi connectivity index (χ1v) is 6.73. The Labute approximate surface area is 132 Å². The van der Waals surface area contributed by atoms with E-state index in [-0.39, 0.29) is 29.2 Å². The molecule has 5 nitrogen and oxygen atoms in total. The van der Waals surface area contributed by atoms with E-state index in [0.29, 0.717) is 5.69 Å². The van der Waals surface area contributed by atoms with Crippen molar-refractivity contribution >= 4 is 17.6 Å². The first-order chi connectivity index (χ1) is 11.0. The summed E-state index contributed by atoms with van der Waals surface area (Å²) in [5.41, 5.74) is 1.23. The molecule has 1 amide bonds. The van der Waals surface area contributed by atoms with Gasteiger partial charge in [-0.1, -0.05) is 6.07 Å². The summed E-state index contributed by atoms with van der Waals surface area (Å²) >= 11 is 0. The predicted molar refractivity (Wildman–Crippen MR) is 81.0 cm³/mol. The largest absolute Gasteiger partial charge is 0.457 e. The number of carbonyl (C=O) groups is 2. The molecule has 0 radical (unpaired) electrons. The molecule has 0 bridgehead atoms. The van der Waals surface area contributed by atoms with E-state index < -0.39 is 11.8 Å². The lowest BCUT2D eigenvalue weighted by molar-refractivity contribution is -0.114. The SMILES string of the molecule is CC(=O)Nc1ccc(C(=O)OCc2ccc(C#N)cc2F)cc1. The van der Waals surface area contributed by atoms with E-state index in [1.54, 1.807) is 12.1 Å². The number of benzene rings is 2. The Morgan fingerprint density at radius 1 is 1.22 bits per heavy atom. The van der Waals surface area contributed by atoms with Crippen LogP contribution < -0.4 is 5.32 Å². The van der Waals surface area contributed by atoms with Crippen molar-refractivity contribution in [1.82, 2.24) is 0 Å². The molecule has 0 saturated heterocycles. The van der Waals surface area contributed by atoms with Crippen LogP contribution in [0, 0.1) is 17.1 Å².